The Bertz CT molecular complexity index is 648. The molecule has 0 aliphatic heterocycles. The fraction of sp³-hybridized carbons (Fsp3) is 0.231. The number of anilines is 2. The Balaban J connectivity index is 2.31. The van der Waals surface area contributed by atoms with Crippen molar-refractivity contribution in [1.29, 1.82) is 0 Å². The lowest BCUT2D eigenvalue weighted by molar-refractivity contribution is 0.102. The molecule has 0 fully saturated rings. The Morgan fingerprint density at radius 2 is 2.11 bits per heavy atom. The van der Waals surface area contributed by atoms with Gasteiger partial charge in [0.05, 0.1) is 22.6 Å². The lowest BCUT2D eigenvalue weighted by atomic mass is 10.1. The minimum atomic E-state index is -0.441. The Morgan fingerprint density at radius 3 is 2.63 bits per heavy atom. The third-order valence-corrected chi connectivity index (χ3v) is 3.00. The standard InChI is InChI=1S/C13H15FN4O/c1-7-12(8(2)18(3)17-7)13(19)16-11-5-4-9(14)6-10(11)15/h4-6H,15H2,1-3H3,(H,16,19). The lowest BCUT2D eigenvalue weighted by Gasteiger charge is -2.08. The van der Waals surface area contributed by atoms with Gasteiger partial charge in [-0.2, -0.15) is 5.10 Å². The van der Waals surface area contributed by atoms with Crippen molar-refractivity contribution in [3.8, 4) is 0 Å². The Labute approximate surface area is 110 Å². The number of amides is 1. The molecule has 1 amide bonds. The average Bonchev–Trinajstić information content (AvgIpc) is 2.57. The van der Waals surface area contributed by atoms with E-state index in [0.717, 1.165) is 5.69 Å². The Kier molecular flexibility index (Phi) is 3.25. The number of nitrogen functional groups attached to an aromatic ring is 1. The third-order valence-electron chi connectivity index (χ3n) is 3.00. The van der Waals surface area contributed by atoms with Gasteiger partial charge in [0, 0.05) is 12.7 Å². The monoisotopic (exact) mass is 262 g/mol. The van der Waals surface area contributed by atoms with E-state index in [4.69, 9.17) is 5.73 Å². The number of aryl methyl sites for hydroxylation is 2. The summed E-state index contributed by atoms with van der Waals surface area (Å²) in [6.45, 7) is 3.57. The number of nitrogens with two attached hydrogens (primary N) is 1. The number of benzene rings is 1. The number of nitrogens with one attached hydrogen (secondary N) is 1. The van der Waals surface area contributed by atoms with Crippen molar-refractivity contribution in [3.63, 3.8) is 0 Å². The Morgan fingerprint density at radius 1 is 1.42 bits per heavy atom. The highest BCUT2D eigenvalue weighted by Gasteiger charge is 2.18. The molecule has 1 aromatic carbocycles. The van der Waals surface area contributed by atoms with Gasteiger partial charge >= 0.3 is 0 Å². The van der Waals surface area contributed by atoms with E-state index in [1.54, 1.807) is 18.7 Å². The van der Waals surface area contributed by atoms with Crippen LogP contribution in [-0.2, 0) is 7.05 Å². The van der Waals surface area contributed by atoms with Gasteiger partial charge in [-0.25, -0.2) is 4.39 Å². The first kappa shape index (κ1) is 13.1. The van der Waals surface area contributed by atoms with Gasteiger partial charge in [0.1, 0.15) is 5.82 Å². The number of hydrogen-bond acceptors (Lipinski definition) is 3. The molecular formula is C13H15FN4O. The molecule has 5 nitrogen and oxygen atoms in total. The van der Waals surface area contributed by atoms with Crippen LogP contribution in [0.15, 0.2) is 18.2 Å². The van der Waals surface area contributed by atoms with Crippen molar-refractivity contribution in [2.24, 2.45) is 7.05 Å². The number of hydrogen-bond donors (Lipinski definition) is 2. The van der Waals surface area contributed by atoms with Gasteiger partial charge in [-0.05, 0) is 32.0 Å². The van der Waals surface area contributed by atoms with E-state index in [1.807, 2.05) is 6.92 Å². The maximum Gasteiger partial charge on any atom is 0.259 e. The van der Waals surface area contributed by atoms with E-state index in [2.05, 4.69) is 10.4 Å². The molecule has 2 aromatic rings. The zero-order chi connectivity index (χ0) is 14.2. The van der Waals surface area contributed by atoms with Crippen LogP contribution in [0, 0.1) is 19.7 Å². The maximum absolute atomic E-state index is 12.9. The highest BCUT2D eigenvalue weighted by atomic mass is 19.1. The second-order valence-corrected chi connectivity index (χ2v) is 4.36. The van der Waals surface area contributed by atoms with Crippen LogP contribution in [0.4, 0.5) is 15.8 Å². The predicted molar refractivity (Wildman–Crippen MR) is 71.4 cm³/mol. The molecule has 0 radical (unpaired) electrons. The van der Waals surface area contributed by atoms with E-state index >= 15 is 0 Å². The van der Waals surface area contributed by atoms with Gasteiger partial charge < -0.3 is 11.1 Å². The third kappa shape index (κ3) is 2.42. The largest absolute Gasteiger partial charge is 0.397 e. The molecule has 100 valence electrons. The molecule has 0 bridgehead atoms. The number of nitrogens with zero attached hydrogens (tertiary/aromatic N) is 2. The molecule has 3 N–H and O–H groups in total. The first-order valence-electron chi connectivity index (χ1n) is 5.76. The minimum absolute atomic E-state index is 0.188. The number of aromatic nitrogens is 2. The zero-order valence-electron chi connectivity index (χ0n) is 11.0. The summed E-state index contributed by atoms with van der Waals surface area (Å²) >= 11 is 0. The fourth-order valence-corrected chi connectivity index (χ4v) is 1.93. The van der Waals surface area contributed by atoms with Gasteiger partial charge in [-0.3, -0.25) is 9.48 Å². The van der Waals surface area contributed by atoms with Crippen LogP contribution in [0.3, 0.4) is 0 Å². The quantitative estimate of drug-likeness (QED) is 0.813. The smallest absolute Gasteiger partial charge is 0.259 e. The lowest BCUT2D eigenvalue weighted by Crippen LogP contribution is -2.15. The molecule has 1 aromatic heterocycles. The molecule has 0 saturated carbocycles. The van der Waals surface area contributed by atoms with Gasteiger partial charge in [0.25, 0.3) is 5.91 Å². The van der Waals surface area contributed by atoms with Gasteiger partial charge in [0.2, 0.25) is 0 Å². The molecule has 0 saturated heterocycles. The van der Waals surface area contributed by atoms with Crippen LogP contribution in [-0.4, -0.2) is 15.7 Å². The summed E-state index contributed by atoms with van der Waals surface area (Å²) in [5.74, 6) is -0.745. The molecular weight excluding hydrogens is 247 g/mol. The average molecular weight is 262 g/mol. The molecule has 2 rings (SSSR count). The van der Waals surface area contributed by atoms with Gasteiger partial charge in [-0.1, -0.05) is 0 Å². The molecule has 1 heterocycles. The fourth-order valence-electron chi connectivity index (χ4n) is 1.93. The summed E-state index contributed by atoms with van der Waals surface area (Å²) in [6.07, 6.45) is 0. The van der Waals surface area contributed by atoms with E-state index in [-0.39, 0.29) is 11.6 Å². The van der Waals surface area contributed by atoms with Gasteiger partial charge in [0.15, 0.2) is 0 Å². The van der Waals surface area contributed by atoms with Crippen molar-refractivity contribution in [1.82, 2.24) is 9.78 Å². The van der Waals surface area contributed by atoms with Crippen LogP contribution in [0.25, 0.3) is 0 Å². The number of halogens is 1. The molecule has 0 unspecified atom stereocenters. The Hall–Kier alpha value is -2.37. The van der Waals surface area contributed by atoms with Crippen molar-refractivity contribution in [2.45, 2.75) is 13.8 Å². The summed E-state index contributed by atoms with van der Waals surface area (Å²) in [6, 6.07) is 3.84. The van der Waals surface area contributed by atoms with Crippen molar-refractivity contribution >= 4 is 17.3 Å². The molecule has 6 heteroatoms. The minimum Gasteiger partial charge on any atom is -0.397 e. The van der Waals surface area contributed by atoms with Crippen molar-refractivity contribution in [3.05, 3.63) is 41.0 Å². The first-order valence-corrected chi connectivity index (χ1v) is 5.76. The van der Waals surface area contributed by atoms with E-state index in [9.17, 15) is 9.18 Å². The SMILES string of the molecule is Cc1nn(C)c(C)c1C(=O)Nc1ccc(F)cc1N. The summed E-state index contributed by atoms with van der Waals surface area (Å²) < 4.78 is 14.6. The van der Waals surface area contributed by atoms with Crippen LogP contribution in [0.1, 0.15) is 21.7 Å². The van der Waals surface area contributed by atoms with Crippen molar-refractivity contribution in [2.75, 3.05) is 11.1 Å². The maximum atomic E-state index is 12.9. The van der Waals surface area contributed by atoms with E-state index in [1.165, 1.54) is 18.2 Å². The molecule has 19 heavy (non-hydrogen) atoms. The number of carbonyl (C=O) groups is 1. The van der Waals surface area contributed by atoms with E-state index < -0.39 is 5.82 Å². The first-order chi connectivity index (χ1) is 8.90. The van der Waals surface area contributed by atoms with Gasteiger partial charge in [-0.15, -0.1) is 0 Å². The summed E-state index contributed by atoms with van der Waals surface area (Å²) in [7, 11) is 1.77. The van der Waals surface area contributed by atoms with Crippen LogP contribution in [0.2, 0.25) is 0 Å². The second kappa shape index (κ2) is 4.72. The van der Waals surface area contributed by atoms with Crippen LogP contribution < -0.4 is 11.1 Å². The summed E-state index contributed by atoms with van der Waals surface area (Å²) in [5.41, 5.74) is 8.13. The molecule has 0 aliphatic rings. The summed E-state index contributed by atoms with van der Waals surface area (Å²) in [4.78, 5) is 12.2. The number of rotatable bonds is 2. The van der Waals surface area contributed by atoms with E-state index in [0.29, 0.717) is 16.9 Å². The van der Waals surface area contributed by atoms with Crippen molar-refractivity contribution < 1.29 is 9.18 Å². The predicted octanol–water partition coefficient (Wildman–Crippen LogP) is 2.01. The molecule has 0 aliphatic carbocycles. The second-order valence-electron chi connectivity index (χ2n) is 4.36. The molecule has 0 atom stereocenters. The zero-order valence-corrected chi connectivity index (χ0v) is 11.0. The normalized spacial score (nSPS) is 10.5. The van der Waals surface area contributed by atoms with Crippen LogP contribution >= 0.6 is 0 Å². The van der Waals surface area contributed by atoms with Crippen LogP contribution in [0.5, 0.6) is 0 Å². The topological polar surface area (TPSA) is 72.9 Å². The highest BCUT2D eigenvalue weighted by molar-refractivity contribution is 6.07. The highest BCUT2D eigenvalue weighted by Crippen LogP contribution is 2.21. The number of carbonyl (C=O) groups excluding carboxylic acids is 1. The summed E-state index contributed by atoms with van der Waals surface area (Å²) in [5, 5.41) is 6.84. The molecule has 0 spiro atoms.